The molecule has 0 saturated carbocycles. The molecule has 2 amide bonds. The highest BCUT2D eigenvalue weighted by Crippen LogP contribution is 2.28. The van der Waals surface area contributed by atoms with Crippen LogP contribution in [-0.4, -0.2) is 36.7 Å². The summed E-state index contributed by atoms with van der Waals surface area (Å²) in [7, 11) is 0. The molecule has 3 aromatic rings. The van der Waals surface area contributed by atoms with Gasteiger partial charge in [0.05, 0.1) is 36.7 Å². The summed E-state index contributed by atoms with van der Waals surface area (Å²) < 4.78 is 1.96. The number of halogens is 1. The van der Waals surface area contributed by atoms with Crippen LogP contribution in [0.1, 0.15) is 18.2 Å². The van der Waals surface area contributed by atoms with E-state index in [9.17, 15) is 4.79 Å². The number of rotatable bonds is 2. The Morgan fingerprint density at radius 2 is 2.07 bits per heavy atom. The molecular formula is C19H19ClN6O. The molecule has 7 nitrogen and oxygen atoms in total. The summed E-state index contributed by atoms with van der Waals surface area (Å²) in [4.78, 5) is 23.0. The Labute approximate surface area is 162 Å². The summed E-state index contributed by atoms with van der Waals surface area (Å²) in [6.45, 7) is 5.12. The van der Waals surface area contributed by atoms with Gasteiger partial charge in [-0.2, -0.15) is 5.10 Å². The zero-order valence-corrected chi connectivity index (χ0v) is 15.8. The van der Waals surface area contributed by atoms with E-state index in [-0.39, 0.29) is 12.1 Å². The van der Waals surface area contributed by atoms with Crippen molar-refractivity contribution in [2.24, 2.45) is 0 Å². The number of nitrogens with zero attached hydrogens (tertiary/aromatic N) is 5. The molecule has 0 radical (unpaired) electrons. The summed E-state index contributed by atoms with van der Waals surface area (Å²) in [6, 6.07) is 7.15. The second-order valence-electron chi connectivity index (χ2n) is 6.68. The van der Waals surface area contributed by atoms with E-state index >= 15 is 0 Å². The number of anilines is 1. The molecule has 8 heteroatoms. The molecule has 0 aliphatic carbocycles. The van der Waals surface area contributed by atoms with Gasteiger partial charge in [-0.3, -0.25) is 9.67 Å². The van der Waals surface area contributed by atoms with Crippen molar-refractivity contribution >= 4 is 23.3 Å². The number of amides is 2. The molecular weight excluding hydrogens is 364 g/mol. The summed E-state index contributed by atoms with van der Waals surface area (Å²) in [5.74, 6) is 0. The van der Waals surface area contributed by atoms with Crippen molar-refractivity contribution in [2.75, 3.05) is 5.32 Å². The SMILES string of the molecule is Cc1ccnc(-c2cnn3c2CN(C(=O)Nc2ccnc(Cl)c2)C(C)C3)c1. The fourth-order valence-corrected chi connectivity index (χ4v) is 3.42. The maximum Gasteiger partial charge on any atom is 0.322 e. The highest BCUT2D eigenvalue weighted by atomic mass is 35.5. The van der Waals surface area contributed by atoms with E-state index in [0.717, 1.165) is 22.5 Å². The van der Waals surface area contributed by atoms with Gasteiger partial charge in [-0.1, -0.05) is 11.6 Å². The minimum absolute atomic E-state index is 0.00743. The number of aromatic nitrogens is 4. The Morgan fingerprint density at radius 3 is 2.85 bits per heavy atom. The molecule has 4 rings (SSSR count). The highest BCUT2D eigenvalue weighted by Gasteiger charge is 2.30. The van der Waals surface area contributed by atoms with Gasteiger partial charge >= 0.3 is 6.03 Å². The van der Waals surface area contributed by atoms with Crippen molar-refractivity contribution in [2.45, 2.75) is 33.0 Å². The van der Waals surface area contributed by atoms with Gasteiger partial charge in [0.1, 0.15) is 5.15 Å². The first kappa shape index (κ1) is 17.5. The van der Waals surface area contributed by atoms with Crippen LogP contribution in [0.2, 0.25) is 5.15 Å². The first-order valence-electron chi connectivity index (χ1n) is 8.68. The number of nitrogens with one attached hydrogen (secondary N) is 1. The Hall–Kier alpha value is -2.93. The molecule has 3 aromatic heterocycles. The smallest absolute Gasteiger partial charge is 0.314 e. The van der Waals surface area contributed by atoms with E-state index < -0.39 is 0 Å². The number of pyridine rings is 2. The second-order valence-corrected chi connectivity index (χ2v) is 7.07. The molecule has 1 atom stereocenters. The van der Waals surface area contributed by atoms with Crippen LogP contribution in [0.3, 0.4) is 0 Å². The van der Waals surface area contributed by atoms with E-state index in [4.69, 9.17) is 11.6 Å². The molecule has 1 unspecified atom stereocenters. The molecule has 0 saturated heterocycles. The van der Waals surface area contributed by atoms with Crippen LogP contribution < -0.4 is 5.32 Å². The van der Waals surface area contributed by atoms with Gasteiger partial charge in [-0.25, -0.2) is 9.78 Å². The molecule has 0 spiro atoms. The maximum atomic E-state index is 12.8. The lowest BCUT2D eigenvalue weighted by Crippen LogP contribution is -2.47. The number of urea groups is 1. The third kappa shape index (κ3) is 3.50. The van der Waals surface area contributed by atoms with Crippen molar-refractivity contribution in [3.8, 4) is 11.3 Å². The van der Waals surface area contributed by atoms with Crippen molar-refractivity contribution < 1.29 is 4.79 Å². The summed E-state index contributed by atoms with van der Waals surface area (Å²) in [5.41, 5.74) is 4.55. The normalized spacial score (nSPS) is 16.1. The third-order valence-electron chi connectivity index (χ3n) is 4.67. The van der Waals surface area contributed by atoms with Gasteiger partial charge in [-0.05, 0) is 43.7 Å². The predicted molar refractivity (Wildman–Crippen MR) is 103 cm³/mol. The summed E-state index contributed by atoms with van der Waals surface area (Å²) in [5, 5.41) is 7.72. The molecule has 0 bridgehead atoms. The van der Waals surface area contributed by atoms with Crippen molar-refractivity contribution in [3.63, 3.8) is 0 Å². The van der Waals surface area contributed by atoms with Gasteiger partial charge in [0.25, 0.3) is 0 Å². The summed E-state index contributed by atoms with van der Waals surface area (Å²) >= 11 is 5.90. The average Bonchev–Trinajstić information content (AvgIpc) is 3.03. The van der Waals surface area contributed by atoms with E-state index in [2.05, 4.69) is 20.4 Å². The van der Waals surface area contributed by atoms with E-state index in [1.807, 2.05) is 36.9 Å². The highest BCUT2D eigenvalue weighted by molar-refractivity contribution is 6.29. The average molecular weight is 383 g/mol. The minimum atomic E-state index is -0.180. The monoisotopic (exact) mass is 382 g/mol. The van der Waals surface area contributed by atoms with Crippen molar-refractivity contribution in [3.05, 3.63) is 59.3 Å². The van der Waals surface area contributed by atoms with Gasteiger partial charge < -0.3 is 10.2 Å². The van der Waals surface area contributed by atoms with Crippen molar-refractivity contribution in [1.29, 1.82) is 0 Å². The Kier molecular flexibility index (Phi) is 4.53. The molecule has 0 fully saturated rings. The number of carbonyl (C=O) groups excluding carboxylic acids is 1. The first-order valence-corrected chi connectivity index (χ1v) is 9.06. The number of aryl methyl sites for hydroxylation is 1. The van der Waals surface area contributed by atoms with E-state index in [1.165, 1.54) is 0 Å². The molecule has 138 valence electrons. The quantitative estimate of drug-likeness (QED) is 0.685. The molecule has 4 heterocycles. The molecule has 1 aliphatic rings. The zero-order valence-electron chi connectivity index (χ0n) is 15.1. The number of hydrogen-bond acceptors (Lipinski definition) is 4. The van der Waals surface area contributed by atoms with Gasteiger partial charge in [0, 0.05) is 23.6 Å². The molecule has 27 heavy (non-hydrogen) atoms. The minimum Gasteiger partial charge on any atom is -0.314 e. The number of carbonyl (C=O) groups is 1. The van der Waals surface area contributed by atoms with Crippen LogP contribution in [-0.2, 0) is 13.1 Å². The topological polar surface area (TPSA) is 75.9 Å². The van der Waals surface area contributed by atoms with Crippen molar-refractivity contribution in [1.82, 2.24) is 24.6 Å². The van der Waals surface area contributed by atoms with E-state index in [0.29, 0.717) is 23.9 Å². The van der Waals surface area contributed by atoms with Crippen LogP contribution in [0.5, 0.6) is 0 Å². The Morgan fingerprint density at radius 1 is 1.26 bits per heavy atom. The number of fused-ring (bicyclic) bond motifs is 1. The zero-order chi connectivity index (χ0) is 19.0. The second kappa shape index (κ2) is 7.00. The van der Waals surface area contributed by atoms with E-state index in [1.54, 1.807) is 29.4 Å². The Bertz CT molecular complexity index is 1000. The van der Waals surface area contributed by atoms with Crippen LogP contribution in [0.25, 0.3) is 11.3 Å². The lowest BCUT2D eigenvalue weighted by molar-refractivity contribution is 0.162. The van der Waals surface area contributed by atoms with Crippen LogP contribution in [0.15, 0.2) is 42.9 Å². The Balaban J connectivity index is 1.60. The largest absolute Gasteiger partial charge is 0.322 e. The number of hydrogen-bond donors (Lipinski definition) is 1. The fraction of sp³-hybridized carbons (Fsp3) is 0.263. The van der Waals surface area contributed by atoms with Crippen LogP contribution in [0, 0.1) is 6.92 Å². The predicted octanol–water partition coefficient (Wildman–Crippen LogP) is 3.74. The fourth-order valence-electron chi connectivity index (χ4n) is 3.25. The first-order chi connectivity index (χ1) is 13.0. The summed E-state index contributed by atoms with van der Waals surface area (Å²) in [6.07, 6.45) is 5.18. The molecule has 0 aromatic carbocycles. The van der Waals surface area contributed by atoms with Crippen LogP contribution >= 0.6 is 11.6 Å². The van der Waals surface area contributed by atoms with Crippen LogP contribution in [0.4, 0.5) is 10.5 Å². The van der Waals surface area contributed by atoms with Gasteiger partial charge in [-0.15, -0.1) is 0 Å². The lowest BCUT2D eigenvalue weighted by Gasteiger charge is -2.34. The molecule has 1 aliphatic heterocycles. The third-order valence-corrected chi connectivity index (χ3v) is 4.87. The molecule has 1 N–H and O–H groups in total. The maximum absolute atomic E-state index is 12.8. The van der Waals surface area contributed by atoms with Gasteiger partial charge in [0.15, 0.2) is 0 Å². The standard InChI is InChI=1S/C19H19ClN6O/c1-12-3-5-21-16(7-12)15-9-23-26-10-13(2)25(11-17(15)26)19(27)24-14-4-6-22-18(20)8-14/h3-9,13H,10-11H2,1-2H3,(H,22,24,27). The lowest BCUT2D eigenvalue weighted by atomic mass is 10.1. The van der Waals surface area contributed by atoms with Gasteiger partial charge in [0.2, 0.25) is 0 Å².